The minimum absolute atomic E-state index is 0.0249. The van der Waals surface area contributed by atoms with Crippen LogP contribution in [0.3, 0.4) is 0 Å². The van der Waals surface area contributed by atoms with Gasteiger partial charge in [-0.3, -0.25) is 14.5 Å². The summed E-state index contributed by atoms with van der Waals surface area (Å²) in [5, 5.41) is 1.12. The Balaban J connectivity index is 1.15. The van der Waals surface area contributed by atoms with Crippen molar-refractivity contribution in [3.63, 3.8) is 0 Å². The van der Waals surface area contributed by atoms with Gasteiger partial charge in [0.05, 0.1) is 10.6 Å². The van der Waals surface area contributed by atoms with E-state index in [2.05, 4.69) is 4.90 Å². The highest BCUT2D eigenvalue weighted by atomic mass is 35.5. The van der Waals surface area contributed by atoms with E-state index in [4.69, 9.17) is 27.9 Å². The summed E-state index contributed by atoms with van der Waals surface area (Å²) in [5.41, 5.74) is 3.19. The summed E-state index contributed by atoms with van der Waals surface area (Å²) in [5.74, 6) is 0.956. The second kappa shape index (κ2) is 13.2. The van der Waals surface area contributed by atoms with Gasteiger partial charge >= 0.3 is 6.09 Å². The smallest absolute Gasteiger partial charge is 0.414 e. The van der Waals surface area contributed by atoms with Crippen LogP contribution in [-0.4, -0.2) is 91.1 Å². The molecular formula is C32H40Cl2N4O4. The number of rotatable bonds is 7. The number of benzene rings is 2. The molecule has 42 heavy (non-hydrogen) atoms. The van der Waals surface area contributed by atoms with Crippen molar-refractivity contribution in [3.05, 3.63) is 63.1 Å². The minimum atomic E-state index is -0.376. The fraction of sp³-hybridized carbons (Fsp3) is 0.531. The summed E-state index contributed by atoms with van der Waals surface area (Å²) in [6, 6.07) is 11.2. The van der Waals surface area contributed by atoms with Crippen molar-refractivity contribution in [2.45, 2.75) is 46.1 Å². The second-order valence-corrected chi connectivity index (χ2v) is 12.8. The molecule has 2 aromatic rings. The van der Waals surface area contributed by atoms with Crippen molar-refractivity contribution in [3.8, 4) is 0 Å². The number of ether oxygens (including phenoxy) is 1. The fourth-order valence-corrected chi connectivity index (χ4v) is 7.00. The van der Waals surface area contributed by atoms with Gasteiger partial charge in [-0.05, 0) is 68.0 Å². The molecule has 10 heteroatoms. The van der Waals surface area contributed by atoms with E-state index >= 15 is 0 Å². The zero-order valence-electron chi connectivity index (χ0n) is 24.7. The first-order valence-corrected chi connectivity index (χ1v) is 15.6. The highest BCUT2D eigenvalue weighted by Gasteiger charge is 2.42. The first-order valence-electron chi connectivity index (χ1n) is 14.9. The zero-order valence-corrected chi connectivity index (χ0v) is 26.2. The maximum atomic E-state index is 13.4. The Morgan fingerprint density at radius 1 is 0.905 bits per heavy atom. The molecule has 226 valence electrons. The summed E-state index contributed by atoms with van der Waals surface area (Å²) in [6.45, 7) is 11.4. The summed E-state index contributed by atoms with van der Waals surface area (Å²) < 4.78 is 5.92. The molecule has 0 aliphatic carbocycles. The summed E-state index contributed by atoms with van der Waals surface area (Å²) in [6.07, 6.45) is 1.47. The van der Waals surface area contributed by atoms with E-state index in [1.807, 2.05) is 49.1 Å². The average molecular weight is 616 g/mol. The molecule has 0 radical (unpaired) electrons. The number of hydrogen-bond donors (Lipinski definition) is 0. The van der Waals surface area contributed by atoms with Gasteiger partial charge in [0.1, 0.15) is 6.10 Å². The van der Waals surface area contributed by atoms with Crippen LogP contribution in [0.2, 0.25) is 10.0 Å². The van der Waals surface area contributed by atoms with Crippen LogP contribution in [0.4, 0.5) is 10.5 Å². The van der Waals surface area contributed by atoms with Crippen molar-refractivity contribution in [2.24, 2.45) is 11.8 Å². The van der Waals surface area contributed by atoms with Crippen LogP contribution in [0.15, 0.2) is 36.4 Å². The normalized spacial score (nSPS) is 21.0. The number of halogens is 2. The largest absolute Gasteiger partial charge is 0.446 e. The SMILES string of the molecule is CC(=O)N1CCC(OC(=O)N(CCCN2CC3CN(C(=O)c4c(C)cccc4Cl)CC3C2)c2ccc(C)c(Cl)c2)CC1. The van der Waals surface area contributed by atoms with E-state index in [9.17, 15) is 14.4 Å². The molecule has 2 unspecified atom stereocenters. The van der Waals surface area contributed by atoms with Crippen LogP contribution in [0.5, 0.6) is 0 Å². The van der Waals surface area contributed by atoms with Crippen LogP contribution < -0.4 is 4.90 Å². The lowest BCUT2D eigenvalue weighted by Gasteiger charge is -2.32. The zero-order chi connectivity index (χ0) is 30.0. The van der Waals surface area contributed by atoms with Crippen LogP contribution in [0.25, 0.3) is 0 Å². The Morgan fingerprint density at radius 3 is 2.21 bits per heavy atom. The molecule has 0 N–H and O–H groups in total. The fourth-order valence-electron chi connectivity index (χ4n) is 6.52. The number of piperidine rings is 1. The Hall–Kier alpha value is -2.81. The highest BCUT2D eigenvalue weighted by molar-refractivity contribution is 6.34. The molecule has 2 aromatic carbocycles. The third-order valence-electron chi connectivity index (χ3n) is 8.98. The van der Waals surface area contributed by atoms with E-state index < -0.39 is 0 Å². The molecule has 3 aliphatic heterocycles. The number of anilines is 1. The lowest BCUT2D eigenvalue weighted by Crippen LogP contribution is -2.43. The monoisotopic (exact) mass is 614 g/mol. The molecular weight excluding hydrogens is 575 g/mol. The molecule has 5 rings (SSSR count). The topological polar surface area (TPSA) is 73.4 Å². The summed E-state index contributed by atoms with van der Waals surface area (Å²) in [4.78, 5) is 46.2. The van der Waals surface area contributed by atoms with E-state index in [1.54, 1.807) is 22.8 Å². The minimum Gasteiger partial charge on any atom is -0.446 e. The predicted molar refractivity (Wildman–Crippen MR) is 165 cm³/mol. The van der Waals surface area contributed by atoms with Crippen molar-refractivity contribution in [1.29, 1.82) is 0 Å². The number of aryl methyl sites for hydroxylation is 2. The van der Waals surface area contributed by atoms with Gasteiger partial charge in [0.25, 0.3) is 5.91 Å². The maximum Gasteiger partial charge on any atom is 0.414 e. The lowest BCUT2D eigenvalue weighted by molar-refractivity contribution is -0.130. The number of nitrogens with zero attached hydrogens (tertiary/aromatic N) is 4. The molecule has 0 spiro atoms. The van der Waals surface area contributed by atoms with Crippen LogP contribution in [0.1, 0.15) is 47.7 Å². The highest BCUT2D eigenvalue weighted by Crippen LogP contribution is 2.33. The Morgan fingerprint density at radius 2 is 1.60 bits per heavy atom. The number of likely N-dealkylation sites (tertiary alicyclic amines) is 3. The Kier molecular flexibility index (Phi) is 9.65. The van der Waals surface area contributed by atoms with Crippen LogP contribution in [0, 0.1) is 25.7 Å². The number of fused-ring (bicyclic) bond motifs is 1. The lowest BCUT2D eigenvalue weighted by atomic mass is 10.0. The van der Waals surface area contributed by atoms with Gasteiger partial charge in [-0.15, -0.1) is 0 Å². The van der Waals surface area contributed by atoms with E-state index in [1.165, 1.54) is 0 Å². The molecule has 3 saturated heterocycles. The van der Waals surface area contributed by atoms with Gasteiger partial charge in [-0.25, -0.2) is 4.79 Å². The van der Waals surface area contributed by atoms with Crippen LogP contribution >= 0.6 is 23.2 Å². The van der Waals surface area contributed by atoms with Crippen molar-refractivity contribution in [1.82, 2.24) is 14.7 Å². The Bertz CT molecular complexity index is 1300. The van der Waals surface area contributed by atoms with E-state index in [0.717, 1.165) is 56.0 Å². The number of carbonyl (C=O) groups excluding carboxylic acids is 3. The van der Waals surface area contributed by atoms with Gasteiger partial charge < -0.3 is 19.4 Å². The standard InChI is InChI=1S/C32H40Cl2N4O4/c1-21-8-9-26(16-29(21)34)38(32(41)42-27-10-14-36(15-11-27)23(3)39)13-5-12-35-17-24-19-37(20-25(24)18-35)31(40)30-22(2)6-4-7-28(30)33/h4,6-9,16,24-25,27H,5,10-15,17-20H2,1-3H3. The first-order chi connectivity index (χ1) is 20.1. The average Bonchev–Trinajstić information content (AvgIpc) is 3.52. The van der Waals surface area contributed by atoms with Crippen molar-refractivity contribution in [2.75, 3.05) is 57.3 Å². The molecule has 3 heterocycles. The molecule has 0 bridgehead atoms. The molecule has 3 aliphatic rings. The maximum absolute atomic E-state index is 13.4. The van der Waals surface area contributed by atoms with Crippen molar-refractivity contribution < 1.29 is 19.1 Å². The van der Waals surface area contributed by atoms with Crippen LogP contribution in [-0.2, 0) is 9.53 Å². The Labute approximate surface area is 258 Å². The second-order valence-electron chi connectivity index (χ2n) is 11.9. The van der Waals surface area contributed by atoms with Crippen molar-refractivity contribution >= 4 is 46.8 Å². The summed E-state index contributed by atoms with van der Waals surface area (Å²) in [7, 11) is 0. The molecule has 3 fully saturated rings. The number of amides is 3. The molecule has 3 amide bonds. The predicted octanol–water partition coefficient (Wildman–Crippen LogP) is 5.66. The number of hydrogen-bond acceptors (Lipinski definition) is 5. The first kappa shape index (κ1) is 30.6. The van der Waals surface area contributed by atoms with E-state index in [0.29, 0.717) is 59.9 Å². The van der Waals surface area contributed by atoms with Gasteiger partial charge in [0.2, 0.25) is 5.91 Å². The molecule has 0 aromatic heterocycles. The molecule has 2 atom stereocenters. The number of carbonyl (C=O) groups is 3. The quantitative estimate of drug-likeness (QED) is 0.402. The van der Waals surface area contributed by atoms with Gasteiger partial charge in [-0.1, -0.05) is 41.4 Å². The molecule has 0 saturated carbocycles. The third kappa shape index (κ3) is 6.87. The molecule has 8 nitrogen and oxygen atoms in total. The summed E-state index contributed by atoms with van der Waals surface area (Å²) >= 11 is 12.8. The third-order valence-corrected chi connectivity index (χ3v) is 9.71. The van der Waals surface area contributed by atoms with Gasteiger partial charge in [-0.2, -0.15) is 0 Å². The van der Waals surface area contributed by atoms with E-state index in [-0.39, 0.29) is 24.0 Å². The van der Waals surface area contributed by atoms with Gasteiger partial charge in [0.15, 0.2) is 0 Å². The van der Waals surface area contributed by atoms with Gasteiger partial charge in [0, 0.05) is 76.3 Å².